The highest BCUT2D eigenvalue weighted by atomic mass is 32.1. The highest BCUT2D eigenvalue weighted by Crippen LogP contribution is 2.34. The lowest BCUT2D eigenvalue weighted by atomic mass is 10.2. The van der Waals surface area contributed by atoms with Crippen LogP contribution in [0.25, 0.3) is 10.1 Å². The van der Waals surface area contributed by atoms with E-state index in [2.05, 4.69) is 10.3 Å². The van der Waals surface area contributed by atoms with Gasteiger partial charge in [-0.05, 0) is 25.1 Å². The molecule has 1 amide bonds. The van der Waals surface area contributed by atoms with Gasteiger partial charge in [0.05, 0.1) is 5.69 Å². The molecule has 0 saturated heterocycles. The molecule has 2 aromatic heterocycles. The number of amides is 1. The van der Waals surface area contributed by atoms with E-state index >= 15 is 0 Å². The molecule has 3 aromatic rings. The summed E-state index contributed by atoms with van der Waals surface area (Å²) in [5.74, 6) is -0.692. The van der Waals surface area contributed by atoms with Gasteiger partial charge < -0.3 is 5.73 Å². The Hall–Kier alpha value is -1.99. The zero-order valence-corrected chi connectivity index (χ0v) is 12.1. The predicted octanol–water partition coefficient (Wildman–Crippen LogP) is 3.64. The van der Waals surface area contributed by atoms with Crippen molar-refractivity contribution in [2.45, 2.75) is 6.92 Å². The van der Waals surface area contributed by atoms with Gasteiger partial charge in [0, 0.05) is 21.2 Å². The van der Waals surface area contributed by atoms with Crippen LogP contribution in [0, 0.1) is 12.7 Å². The third-order valence-corrected chi connectivity index (χ3v) is 4.75. The molecule has 102 valence electrons. The Morgan fingerprint density at radius 2 is 2.20 bits per heavy atom. The number of benzene rings is 1. The Morgan fingerprint density at radius 1 is 1.40 bits per heavy atom. The summed E-state index contributed by atoms with van der Waals surface area (Å²) in [4.78, 5) is 17.6. The molecule has 20 heavy (non-hydrogen) atoms. The van der Waals surface area contributed by atoms with E-state index in [0.29, 0.717) is 21.1 Å². The molecule has 0 saturated carbocycles. The molecule has 3 N–H and O–H groups in total. The number of rotatable bonds is 2. The summed E-state index contributed by atoms with van der Waals surface area (Å²) in [6, 6.07) is 4.31. The Bertz CT molecular complexity index is 809. The molecular formula is C13H10FN3OS2. The summed E-state index contributed by atoms with van der Waals surface area (Å²) < 4.78 is 14.0. The van der Waals surface area contributed by atoms with E-state index in [-0.39, 0.29) is 11.7 Å². The maximum Gasteiger partial charge on any atom is 0.269 e. The van der Waals surface area contributed by atoms with E-state index in [0.717, 1.165) is 9.58 Å². The van der Waals surface area contributed by atoms with Gasteiger partial charge in [-0.25, -0.2) is 9.37 Å². The largest absolute Gasteiger partial charge is 0.397 e. The number of nitrogen functional groups attached to an aromatic ring is 1. The van der Waals surface area contributed by atoms with E-state index in [1.54, 1.807) is 12.3 Å². The number of hydrogen-bond donors (Lipinski definition) is 2. The van der Waals surface area contributed by atoms with Crippen LogP contribution in [0.2, 0.25) is 0 Å². The number of thiophene rings is 1. The summed E-state index contributed by atoms with van der Waals surface area (Å²) in [5, 5.41) is 3.79. The molecule has 0 fully saturated rings. The summed E-state index contributed by atoms with van der Waals surface area (Å²) >= 11 is 2.63. The first-order chi connectivity index (χ1) is 9.54. The molecule has 0 aliphatic heterocycles. The lowest BCUT2D eigenvalue weighted by molar-refractivity contribution is 0.103. The molecule has 3 rings (SSSR count). The van der Waals surface area contributed by atoms with Crippen molar-refractivity contribution in [2.24, 2.45) is 0 Å². The second kappa shape index (κ2) is 4.84. The van der Waals surface area contributed by atoms with Crippen LogP contribution in [-0.4, -0.2) is 10.9 Å². The van der Waals surface area contributed by atoms with Gasteiger partial charge in [-0.1, -0.05) is 0 Å². The molecule has 0 bridgehead atoms. The maximum atomic E-state index is 13.2. The van der Waals surface area contributed by atoms with Crippen molar-refractivity contribution >= 4 is 49.5 Å². The van der Waals surface area contributed by atoms with Gasteiger partial charge in [-0.15, -0.1) is 22.7 Å². The zero-order chi connectivity index (χ0) is 14.3. The number of anilines is 2. The van der Waals surface area contributed by atoms with Crippen LogP contribution in [0.5, 0.6) is 0 Å². The van der Waals surface area contributed by atoms with Crippen LogP contribution in [-0.2, 0) is 0 Å². The van der Waals surface area contributed by atoms with Crippen LogP contribution >= 0.6 is 22.7 Å². The fraction of sp³-hybridized carbons (Fsp3) is 0.0769. The minimum absolute atomic E-state index is 0.301. The van der Waals surface area contributed by atoms with Crippen molar-refractivity contribution in [3.63, 3.8) is 0 Å². The summed E-state index contributed by atoms with van der Waals surface area (Å²) in [7, 11) is 0. The van der Waals surface area contributed by atoms with Crippen LogP contribution in [0.4, 0.5) is 15.2 Å². The van der Waals surface area contributed by atoms with Crippen molar-refractivity contribution in [2.75, 3.05) is 11.1 Å². The van der Waals surface area contributed by atoms with Crippen LogP contribution < -0.4 is 11.1 Å². The lowest BCUT2D eigenvalue weighted by Gasteiger charge is -1.99. The van der Waals surface area contributed by atoms with Crippen molar-refractivity contribution in [1.82, 2.24) is 4.98 Å². The monoisotopic (exact) mass is 307 g/mol. The molecule has 7 heteroatoms. The van der Waals surface area contributed by atoms with Crippen molar-refractivity contribution in [3.8, 4) is 0 Å². The number of nitrogens with zero attached hydrogens (tertiary/aromatic N) is 1. The van der Waals surface area contributed by atoms with E-state index < -0.39 is 0 Å². The maximum absolute atomic E-state index is 13.2. The highest BCUT2D eigenvalue weighted by Gasteiger charge is 2.17. The number of carbonyl (C=O) groups is 1. The first-order valence-electron chi connectivity index (χ1n) is 5.76. The number of fused-ring (bicyclic) bond motifs is 1. The number of thiazole rings is 1. The molecule has 1 aromatic carbocycles. The number of nitrogens with two attached hydrogens (primary N) is 1. The third-order valence-electron chi connectivity index (χ3n) is 2.74. The summed E-state index contributed by atoms with van der Waals surface area (Å²) in [6.45, 7) is 1.91. The molecule has 4 nitrogen and oxygen atoms in total. The first kappa shape index (κ1) is 13.0. The van der Waals surface area contributed by atoms with Gasteiger partial charge in [-0.3, -0.25) is 10.1 Å². The normalized spacial score (nSPS) is 10.9. The second-order valence-electron chi connectivity index (χ2n) is 4.22. The SMILES string of the molecule is Cc1cnc(NC(=O)c2sc3ccc(F)cc3c2N)s1. The average Bonchev–Trinajstić information content (AvgIpc) is 2.94. The molecule has 0 radical (unpaired) electrons. The van der Waals surface area contributed by atoms with Crippen LogP contribution in [0.15, 0.2) is 24.4 Å². The van der Waals surface area contributed by atoms with Gasteiger partial charge in [0.25, 0.3) is 5.91 Å². The summed E-state index contributed by atoms with van der Waals surface area (Å²) in [6.07, 6.45) is 1.68. The van der Waals surface area contributed by atoms with E-state index in [1.165, 1.54) is 34.8 Å². The fourth-order valence-electron chi connectivity index (χ4n) is 1.82. The van der Waals surface area contributed by atoms with Gasteiger partial charge >= 0.3 is 0 Å². The Kier molecular flexibility index (Phi) is 3.15. The highest BCUT2D eigenvalue weighted by molar-refractivity contribution is 7.22. The number of hydrogen-bond acceptors (Lipinski definition) is 5. The number of carbonyl (C=O) groups excluding carboxylic acids is 1. The molecular weight excluding hydrogens is 297 g/mol. The molecule has 0 aliphatic carbocycles. The van der Waals surface area contributed by atoms with E-state index in [1.807, 2.05) is 6.92 Å². The third kappa shape index (κ3) is 2.25. The van der Waals surface area contributed by atoms with Crippen molar-refractivity contribution < 1.29 is 9.18 Å². The average molecular weight is 307 g/mol. The Morgan fingerprint density at radius 3 is 2.90 bits per heavy atom. The summed E-state index contributed by atoms with van der Waals surface area (Å²) in [5.41, 5.74) is 6.23. The zero-order valence-electron chi connectivity index (χ0n) is 10.4. The molecule has 0 unspecified atom stereocenters. The number of nitrogens with one attached hydrogen (secondary N) is 1. The molecule has 0 atom stereocenters. The number of aromatic nitrogens is 1. The lowest BCUT2D eigenvalue weighted by Crippen LogP contribution is -2.11. The quantitative estimate of drug-likeness (QED) is 0.759. The standard InChI is InChI=1S/C13H10FN3OS2/c1-6-5-16-13(19-6)17-12(18)11-10(15)8-4-7(14)2-3-9(8)20-11/h2-5H,15H2,1H3,(H,16,17,18). The van der Waals surface area contributed by atoms with E-state index in [4.69, 9.17) is 5.73 Å². The first-order valence-corrected chi connectivity index (χ1v) is 7.39. The smallest absolute Gasteiger partial charge is 0.269 e. The van der Waals surface area contributed by atoms with Gasteiger partial charge in [0.1, 0.15) is 10.7 Å². The van der Waals surface area contributed by atoms with Gasteiger partial charge in [0.2, 0.25) is 0 Å². The second-order valence-corrected chi connectivity index (χ2v) is 6.50. The Labute approximate surface area is 122 Å². The van der Waals surface area contributed by atoms with Crippen molar-refractivity contribution in [1.29, 1.82) is 0 Å². The Balaban J connectivity index is 1.97. The van der Waals surface area contributed by atoms with Gasteiger partial charge in [-0.2, -0.15) is 0 Å². The predicted molar refractivity (Wildman–Crippen MR) is 81.0 cm³/mol. The topological polar surface area (TPSA) is 68.0 Å². The minimum atomic E-state index is -0.371. The van der Waals surface area contributed by atoms with Crippen LogP contribution in [0.3, 0.4) is 0 Å². The minimum Gasteiger partial charge on any atom is -0.397 e. The molecule has 2 heterocycles. The van der Waals surface area contributed by atoms with E-state index in [9.17, 15) is 9.18 Å². The fourth-order valence-corrected chi connectivity index (χ4v) is 3.48. The number of aryl methyl sites for hydroxylation is 1. The molecule has 0 spiro atoms. The van der Waals surface area contributed by atoms with Gasteiger partial charge in [0.15, 0.2) is 5.13 Å². The van der Waals surface area contributed by atoms with Crippen LogP contribution in [0.1, 0.15) is 14.5 Å². The molecule has 0 aliphatic rings. The van der Waals surface area contributed by atoms with Crippen molar-refractivity contribution in [3.05, 3.63) is 40.0 Å². The number of halogens is 1.